The Balaban J connectivity index is 1.30. The van der Waals surface area contributed by atoms with E-state index in [4.69, 9.17) is 9.47 Å². The van der Waals surface area contributed by atoms with Crippen molar-refractivity contribution in [2.24, 2.45) is 0 Å². The molecule has 0 aliphatic rings. The lowest BCUT2D eigenvalue weighted by molar-refractivity contribution is 0.102. The minimum Gasteiger partial charge on any atom is -0.497 e. The molecule has 0 aliphatic carbocycles. The zero-order valence-electron chi connectivity index (χ0n) is 19.9. The van der Waals surface area contributed by atoms with Gasteiger partial charge in [-0.3, -0.25) is 4.79 Å². The lowest BCUT2D eigenvalue weighted by Crippen LogP contribution is -2.11. The summed E-state index contributed by atoms with van der Waals surface area (Å²) in [7, 11) is 1.64. The molecule has 0 fully saturated rings. The van der Waals surface area contributed by atoms with E-state index < -0.39 is 0 Å². The van der Waals surface area contributed by atoms with Crippen molar-refractivity contribution >= 4 is 22.9 Å². The van der Waals surface area contributed by atoms with E-state index >= 15 is 0 Å². The van der Waals surface area contributed by atoms with Crippen molar-refractivity contribution in [1.29, 1.82) is 0 Å². The molecule has 0 atom stereocenters. The standard InChI is InChI=1S/C28H23FN4O3S/c1-35-24-14-4-19(5-15-24)16-17-36-28-31-26(25-3-2-18-37-25)33(32-28)23-12-10-22(11-13-23)30-27(34)20-6-8-21(29)9-7-20/h2-15,18H,16-17H2,1H3,(H,30,34). The first-order valence-corrected chi connectivity index (χ1v) is 12.4. The van der Waals surface area contributed by atoms with Crippen LogP contribution in [0.1, 0.15) is 15.9 Å². The van der Waals surface area contributed by atoms with E-state index in [0.717, 1.165) is 21.9 Å². The van der Waals surface area contributed by atoms with Gasteiger partial charge in [-0.25, -0.2) is 9.07 Å². The number of carbonyl (C=O) groups excluding carboxylic acids is 1. The summed E-state index contributed by atoms with van der Waals surface area (Å²) in [6, 6.07) is 24.7. The lowest BCUT2D eigenvalue weighted by atomic mass is 10.1. The molecule has 2 aromatic heterocycles. The van der Waals surface area contributed by atoms with Crippen LogP contribution in [-0.2, 0) is 6.42 Å². The fourth-order valence-corrected chi connectivity index (χ4v) is 4.34. The highest BCUT2D eigenvalue weighted by molar-refractivity contribution is 7.13. The number of methoxy groups -OCH3 is 1. The normalized spacial score (nSPS) is 10.8. The number of aromatic nitrogens is 3. The van der Waals surface area contributed by atoms with Gasteiger partial charge in [-0.1, -0.05) is 18.2 Å². The van der Waals surface area contributed by atoms with Crippen molar-refractivity contribution in [3.63, 3.8) is 0 Å². The minimum atomic E-state index is -0.389. The predicted octanol–water partition coefficient (Wildman–Crippen LogP) is 6.02. The second-order valence-electron chi connectivity index (χ2n) is 8.06. The van der Waals surface area contributed by atoms with Crippen LogP contribution >= 0.6 is 11.3 Å². The van der Waals surface area contributed by atoms with Gasteiger partial charge in [-0.15, -0.1) is 16.4 Å². The average molecular weight is 515 g/mol. The molecule has 0 saturated heterocycles. The summed E-state index contributed by atoms with van der Waals surface area (Å²) < 4.78 is 25.9. The van der Waals surface area contributed by atoms with Gasteiger partial charge in [0.2, 0.25) is 0 Å². The highest BCUT2D eigenvalue weighted by Crippen LogP contribution is 2.28. The molecule has 7 nitrogen and oxygen atoms in total. The van der Waals surface area contributed by atoms with Crippen LogP contribution in [0.15, 0.2) is 90.3 Å². The number of anilines is 1. The molecule has 5 rings (SSSR count). The van der Waals surface area contributed by atoms with Crippen LogP contribution < -0.4 is 14.8 Å². The van der Waals surface area contributed by atoms with Gasteiger partial charge in [0.15, 0.2) is 5.82 Å². The summed E-state index contributed by atoms with van der Waals surface area (Å²) in [5.41, 5.74) is 2.86. The number of carbonyl (C=O) groups is 1. The Kier molecular flexibility index (Phi) is 7.23. The first kappa shape index (κ1) is 24.2. The molecule has 0 radical (unpaired) electrons. The van der Waals surface area contributed by atoms with Gasteiger partial charge in [0.1, 0.15) is 11.6 Å². The number of amides is 1. The number of halogens is 1. The van der Waals surface area contributed by atoms with Crippen LogP contribution in [0.4, 0.5) is 10.1 Å². The van der Waals surface area contributed by atoms with E-state index in [2.05, 4.69) is 15.4 Å². The fraction of sp³-hybridized carbons (Fsp3) is 0.107. The van der Waals surface area contributed by atoms with Gasteiger partial charge in [-0.05, 0) is 77.7 Å². The average Bonchev–Trinajstić information content (AvgIpc) is 3.60. The molecule has 0 spiro atoms. The SMILES string of the molecule is COc1ccc(CCOc2nc(-c3cccs3)n(-c3ccc(NC(=O)c4ccc(F)cc4)cc3)n2)cc1. The number of ether oxygens (including phenoxy) is 2. The molecule has 1 amide bonds. The molecule has 186 valence electrons. The zero-order valence-corrected chi connectivity index (χ0v) is 20.7. The van der Waals surface area contributed by atoms with Crippen LogP contribution in [-0.4, -0.2) is 34.4 Å². The Labute approximate surface area is 217 Å². The molecule has 2 heterocycles. The zero-order chi connectivity index (χ0) is 25.6. The Morgan fingerprint density at radius 2 is 1.76 bits per heavy atom. The highest BCUT2D eigenvalue weighted by atomic mass is 32.1. The van der Waals surface area contributed by atoms with Gasteiger partial charge in [0, 0.05) is 17.7 Å². The molecule has 0 unspecified atom stereocenters. The first-order chi connectivity index (χ1) is 18.1. The van der Waals surface area contributed by atoms with Crippen LogP contribution in [0.3, 0.4) is 0 Å². The smallest absolute Gasteiger partial charge is 0.336 e. The number of rotatable bonds is 9. The molecular formula is C28H23FN4O3S. The molecule has 1 N–H and O–H groups in total. The largest absolute Gasteiger partial charge is 0.497 e. The molecule has 5 aromatic rings. The van der Waals surface area contributed by atoms with Gasteiger partial charge in [0.25, 0.3) is 5.91 Å². The summed E-state index contributed by atoms with van der Waals surface area (Å²) >= 11 is 1.56. The first-order valence-electron chi connectivity index (χ1n) is 11.5. The van der Waals surface area contributed by atoms with Crippen molar-refractivity contribution in [2.75, 3.05) is 19.0 Å². The molecule has 0 saturated carbocycles. The van der Waals surface area contributed by atoms with Crippen molar-refractivity contribution < 1.29 is 18.7 Å². The summed E-state index contributed by atoms with van der Waals surface area (Å²) in [4.78, 5) is 18.0. The number of nitrogens with one attached hydrogen (secondary N) is 1. The summed E-state index contributed by atoms with van der Waals surface area (Å²) in [6.45, 7) is 0.425. The van der Waals surface area contributed by atoms with Crippen molar-refractivity contribution in [2.45, 2.75) is 6.42 Å². The Bertz CT molecular complexity index is 1470. The van der Waals surface area contributed by atoms with E-state index in [9.17, 15) is 9.18 Å². The van der Waals surface area contributed by atoms with Gasteiger partial charge < -0.3 is 14.8 Å². The predicted molar refractivity (Wildman–Crippen MR) is 141 cm³/mol. The second kappa shape index (κ2) is 11.0. The number of hydrogen-bond acceptors (Lipinski definition) is 6. The van der Waals surface area contributed by atoms with E-state index in [1.54, 1.807) is 35.3 Å². The Morgan fingerprint density at radius 1 is 1.00 bits per heavy atom. The monoisotopic (exact) mass is 514 g/mol. The van der Waals surface area contributed by atoms with E-state index in [1.807, 2.05) is 53.9 Å². The van der Waals surface area contributed by atoms with E-state index in [-0.39, 0.29) is 17.7 Å². The van der Waals surface area contributed by atoms with E-state index in [1.165, 1.54) is 24.3 Å². The van der Waals surface area contributed by atoms with Crippen molar-refractivity contribution in [3.05, 3.63) is 107 Å². The minimum absolute atomic E-state index is 0.283. The second-order valence-corrected chi connectivity index (χ2v) is 9.01. The van der Waals surface area contributed by atoms with Crippen LogP contribution in [0, 0.1) is 5.82 Å². The van der Waals surface area contributed by atoms with Crippen molar-refractivity contribution in [1.82, 2.24) is 14.8 Å². The maximum atomic E-state index is 13.1. The van der Waals surface area contributed by atoms with E-state index in [0.29, 0.717) is 30.1 Å². The number of nitrogens with zero attached hydrogens (tertiary/aromatic N) is 3. The molecule has 37 heavy (non-hydrogen) atoms. The number of thiophene rings is 1. The molecule has 0 aliphatic heterocycles. The summed E-state index contributed by atoms with van der Waals surface area (Å²) in [6.07, 6.45) is 0.704. The summed E-state index contributed by atoms with van der Waals surface area (Å²) in [5, 5.41) is 9.38. The molecular weight excluding hydrogens is 491 g/mol. The Morgan fingerprint density at radius 3 is 2.43 bits per heavy atom. The molecule has 0 bridgehead atoms. The molecule has 3 aromatic carbocycles. The summed E-state index contributed by atoms with van der Waals surface area (Å²) in [5.74, 6) is 0.768. The highest BCUT2D eigenvalue weighted by Gasteiger charge is 2.16. The number of hydrogen-bond donors (Lipinski definition) is 1. The molecule has 9 heteroatoms. The van der Waals surface area contributed by atoms with Gasteiger partial charge >= 0.3 is 6.01 Å². The maximum absolute atomic E-state index is 13.1. The van der Waals surface area contributed by atoms with Crippen LogP contribution in [0.25, 0.3) is 16.4 Å². The number of benzene rings is 3. The van der Waals surface area contributed by atoms with Gasteiger partial charge in [0.05, 0.1) is 24.3 Å². The van der Waals surface area contributed by atoms with Crippen LogP contribution in [0.5, 0.6) is 11.8 Å². The third-order valence-corrected chi connectivity index (χ3v) is 6.45. The van der Waals surface area contributed by atoms with Crippen LogP contribution in [0.2, 0.25) is 0 Å². The lowest BCUT2D eigenvalue weighted by Gasteiger charge is -2.08. The quantitative estimate of drug-likeness (QED) is 0.260. The van der Waals surface area contributed by atoms with Crippen molar-refractivity contribution in [3.8, 4) is 28.1 Å². The third-order valence-electron chi connectivity index (χ3n) is 5.59. The Hall–Kier alpha value is -4.50. The topological polar surface area (TPSA) is 78.3 Å². The fourth-order valence-electron chi connectivity index (χ4n) is 3.64. The maximum Gasteiger partial charge on any atom is 0.336 e. The van der Waals surface area contributed by atoms with Gasteiger partial charge in [-0.2, -0.15) is 4.98 Å². The third kappa shape index (κ3) is 5.84.